The van der Waals surface area contributed by atoms with Gasteiger partial charge in [-0.15, -0.1) is 0 Å². The zero-order valence-corrected chi connectivity index (χ0v) is 10.3. The van der Waals surface area contributed by atoms with Crippen molar-refractivity contribution in [3.05, 3.63) is 94.1 Å². The Balaban J connectivity index is 2.24. The Morgan fingerprint density at radius 3 is 2.11 bits per heavy atom. The first-order chi connectivity index (χ1) is 9.27. The SMILES string of the molecule is O=[N+]([O-])C(=CC=Cc1ccccc1)c1ccccc1. The molecule has 2 aromatic carbocycles. The number of rotatable bonds is 4. The highest BCUT2D eigenvalue weighted by molar-refractivity contribution is 5.62. The fraction of sp³-hybridized carbons (Fsp3) is 0. The first-order valence-electron chi connectivity index (χ1n) is 5.90. The quantitative estimate of drug-likeness (QED) is 0.468. The fourth-order valence-corrected chi connectivity index (χ4v) is 1.69. The van der Waals surface area contributed by atoms with Crippen molar-refractivity contribution in [1.29, 1.82) is 0 Å². The lowest BCUT2D eigenvalue weighted by Gasteiger charge is -1.96. The van der Waals surface area contributed by atoms with Gasteiger partial charge in [-0.2, -0.15) is 0 Å². The maximum absolute atomic E-state index is 11.0. The summed E-state index contributed by atoms with van der Waals surface area (Å²) in [7, 11) is 0. The van der Waals surface area contributed by atoms with Gasteiger partial charge >= 0.3 is 0 Å². The van der Waals surface area contributed by atoms with Gasteiger partial charge in [0.25, 0.3) is 5.70 Å². The van der Waals surface area contributed by atoms with Crippen LogP contribution in [0.3, 0.4) is 0 Å². The minimum absolute atomic E-state index is 0.0905. The molecule has 0 aliphatic carbocycles. The monoisotopic (exact) mass is 251 g/mol. The molecule has 0 amide bonds. The molecule has 0 radical (unpaired) electrons. The second-order valence-electron chi connectivity index (χ2n) is 3.94. The average molecular weight is 251 g/mol. The molecule has 0 bridgehead atoms. The predicted octanol–water partition coefficient (Wildman–Crippen LogP) is 4.02. The van der Waals surface area contributed by atoms with Crippen molar-refractivity contribution in [3.63, 3.8) is 0 Å². The Labute approximate surface area is 111 Å². The minimum Gasteiger partial charge on any atom is -0.258 e. The van der Waals surface area contributed by atoms with Crippen molar-refractivity contribution in [2.75, 3.05) is 0 Å². The molecule has 0 N–H and O–H groups in total. The van der Waals surface area contributed by atoms with Gasteiger partial charge in [0.05, 0.1) is 10.5 Å². The summed E-state index contributed by atoms with van der Waals surface area (Å²) in [6.07, 6.45) is 5.05. The van der Waals surface area contributed by atoms with Crippen molar-refractivity contribution in [1.82, 2.24) is 0 Å². The van der Waals surface area contributed by atoms with E-state index in [-0.39, 0.29) is 10.6 Å². The van der Waals surface area contributed by atoms with Gasteiger partial charge in [-0.25, -0.2) is 0 Å². The highest BCUT2D eigenvalue weighted by Gasteiger charge is 2.11. The van der Waals surface area contributed by atoms with Crippen LogP contribution in [-0.4, -0.2) is 4.92 Å². The molecular weight excluding hydrogens is 238 g/mol. The van der Waals surface area contributed by atoms with Crippen LogP contribution in [0.1, 0.15) is 11.1 Å². The van der Waals surface area contributed by atoms with Crippen LogP contribution in [-0.2, 0) is 0 Å². The van der Waals surface area contributed by atoms with Gasteiger partial charge in [0.1, 0.15) is 0 Å². The van der Waals surface area contributed by atoms with Gasteiger partial charge in [-0.05, 0) is 17.7 Å². The van der Waals surface area contributed by atoms with E-state index < -0.39 is 0 Å². The summed E-state index contributed by atoms with van der Waals surface area (Å²) in [4.78, 5) is 10.7. The average Bonchev–Trinajstić information content (AvgIpc) is 2.45. The molecule has 3 nitrogen and oxygen atoms in total. The Morgan fingerprint density at radius 1 is 0.947 bits per heavy atom. The molecule has 0 aromatic heterocycles. The Bertz CT molecular complexity index is 601. The van der Waals surface area contributed by atoms with E-state index in [1.54, 1.807) is 30.3 Å². The van der Waals surface area contributed by atoms with E-state index in [1.807, 2.05) is 42.5 Å². The van der Waals surface area contributed by atoms with Gasteiger partial charge in [-0.3, -0.25) is 10.1 Å². The van der Waals surface area contributed by atoms with Crippen molar-refractivity contribution in [2.45, 2.75) is 0 Å². The normalized spacial score (nSPS) is 11.7. The lowest BCUT2D eigenvalue weighted by atomic mass is 10.1. The third-order valence-corrected chi connectivity index (χ3v) is 2.61. The number of nitro groups is 1. The van der Waals surface area contributed by atoms with Crippen molar-refractivity contribution < 1.29 is 4.92 Å². The molecule has 0 saturated carbocycles. The maximum Gasteiger partial charge on any atom is 0.276 e. The van der Waals surface area contributed by atoms with Crippen molar-refractivity contribution in [3.8, 4) is 0 Å². The minimum atomic E-state index is -0.370. The van der Waals surface area contributed by atoms with Crippen LogP contribution in [0.4, 0.5) is 0 Å². The third kappa shape index (κ3) is 3.64. The molecular formula is C16H13NO2. The van der Waals surface area contributed by atoms with Crippen molar-refractivity contribution in [2.24, 2.45) is 0 Å². The lowest BCUT2D eigenvalue weighted by Crippen LogP contribution is -1.96. The summed E-state index contributed by atoms with van der Waals surface area (Å²) in [6, 6.07) is 18.5. The maximum atomic E-state index is 11.0. The number of allylic oxidation sites excluding steroid dienone is 2. The van der Waals surface area contributed by atoms with E-state index in [4.69, 9.17) is 0 Å². The largest absolute Gasteiger partial charge is 0.276 e. The molecule has 0 aliphatic rings. The summed E-state index contributed by atoms with van der Waals surface area (Å²) in [5, 5.41) is 11.0. The summed E-state index contributed by atoms with van der Waals surface area (Å²) in [6.45, 7) is 0. The lowest BCUT2D eigenvalue weighted by molar-refractivity contribution is -0.375. The molecule has 0 aliphatic heterocycles. The van der Waals surface area contributed by atoms with E-state index in [9.17, 15) is 10.1 Å². The molecule has 0 fully saturated rings. The van der Waals surface area contributed by atoms with Crippen LogP contribution in [0.5, 0.6) is 0 Å². The number of benzene rings is 2. The second kappa shape index (κ2) is 6.31. The number of hydrogen-bond donors (Lipinski definition) is 0. The Kier molecular flexibility index (Phi) is 4.24. The summed E-state index contributed by atoms with van der Waals surface area (Å²) < 4.78 is 0. The molecule has 0 atom stereocenters. The first-order valence-corrected chi connectivity index (χ1v) is 5.90. The molecule has 0 unspecified atom stereocenters. The molecule has 2 aromatic rings. The van der Waals surface area contributed by atoms with Crippen LogP contribution >= 0.6 is 0 Å². The molecule has 94 valence electrons. The van der Waals surface area contributed by atoms with Crippen LogP contribution in [0.25, 0.3) is 11.8 Å². The molecule has 2 rings (SSSR count). The van der Waals surface area contributed by atoms with Crippen LogP contribution in [0, 0.1) is 10.1 Å². The van der Waals surface area contributed by atoms with E-state index >= 15 is 0 Å². The summed E-state index contributed by atoms with van der Waals surface area (Å²) in [5.41, 5.74) is 1.70. The summed E-state index contributed by atoms with van der Waals surface area (Å²) in [5.74, 6) is 0. The van der Waals surface area contributed by atoms with E-state index in [2.05, 4.69) is 0 Å². The highest BCUT2D eigenvalue weighted by atomic mass is 16.6. The predicted molar refractivity (Wildman–Crippen MR) is 76.9 cm³/mol. The zero-order chi connectivity index (χ0) is 13.5. The van der Waals surface area contributed by atoms with Crippen LogP contribution in [0.15, 0.2) is 72.8 Å². The van der Waals surface area contributed by atoms with Gasteiger partial charge in [-0.1, -0.05) is 60.7 Å². The molecule has 19 heavy (non-hydrogen) atoms. The van der Waals surface area contributed by atoms with Crippen LogP contribution in [0.2, 0.25) is 0 Å². The number of nitrogens with zero attached hydrogens (tertiary/aromatic N) is 1. The molecule has 0 spiro atoms. The van der Waals surface area contributed by atoms with Gasteiger partial charge in [0, 0.05) is 6.08 Å². The Hall–Kier alpha value is -2.68. The molecule has 3 heteroatoms. The topological polar surface area (TPSA) is 43.1 Å². The molecule has 0 heterocycles. The summed E-state index contributed by atoms with van der Waals surface area (Å²) >= 11 is 0. The highest BCUT2D eigenvalue weighted by Crippen LogP contribution is 2.15. The van der Waals surface area contributed by atoms with Crippen molar-refractivity contribution >= 4 is 11.8 Å². The Morgan fingerprint density at radius 2 is 1.53 bits per heavy atom. The van der Waals surface area contributed by atoms with E-state index in [1.165, 1.54) is 6.08 Å². The first kappa shape index (κ1) is 12.8. The van der Waals surface area contributed by atoms with Gasteiger partial charge < -0.3 is 0 Å². The van der Waals surface area contributed by atoms with E-state index in [0.717, 1.165) is 5.56 Å². The van der Waals surface area contributed by atoms with Crippen LogP contribution < -0.4 is 0 Å². The fourth-order valence-electron chi connectivity index (χ4n) is 1.69. The molecule has 0 saturated heterocycles. The number of hydrogen-bond acceptors (Lipinski definition) is 2. The smallest absolute Gasteiger partial charge is 0.258 e. The van der Waals surface area contributed by atoms with E-state index in [0.29, 0.717) is 5.56 Å². The zero-order valence-electron chi connectivity index (χ0n) is 10.3. The van der Waals surface area contributed by atoms with Gasteiger partial charge in [0.2, 0.25) is 0 Å². The standard InChI is InChI=1S/C16H13NO2/c18-17(19)16(15-11-5-2-6-12-15)13-7-10-14-8-3-1-4-9-14/h1-13H. The van der Waals surface area contributed by atoms with Gasteiger partial charge in [0.15, 0.2) is 0 Å². The second-order valence-corrected chi connectivity index (χ2v) is 3.94. The third-order valence-electron chi connectivity index (χ3n) is 2.61.